The number of pyridine rings is 1. The van der Waals surface area contributed by atoms with Gasteiger partial charge in [0.15, 0.2) is 0 Å². The Morgan fingerprint density at radius 2 is 1.34 bits per heavy atom. The molecule has 0 unspecified atom stereocenters. The van der Waals surface area contributed by atoms with Gasteiger partial charge >= 0.3 is 5.97 Å². The highest BCUT2D eigenvalue weighted by molar-refractivity contribution is 5.88. The highest BCUT2D eigenvalue weighted by atomic mass is 16.5. The van der Waals surface area contributed by atoms with E-state index in [9.17, 15) is 4.79 Å². The number of carbonyl (C=O) groups excluding carboxylic acids is 1. The summed E-state index contributed by atoms with van der Waals surface area (Å²) in [5.74, 6) is 1.17. The molecule has 0 N–H and O–H groups in total. The third kappa shape index (κ3) is 5.25. The molecule has 1 aromatic heterocycles. The SMILES string of the molecule is COC(=O)c1cc(N(Cc2ccc(OC)cc2)Cc2ccc(OC)cc2)ccn1. The first kappa shape index (κ1) is 20.2. The molecule has 29 heavy (non-hydrogen) atoms. The molecule has 0 bridgehead atoms. The van der Waals surface area contributed by atoms with E-state index in [1.165, 1.54) is 7.11 Å². The standard InChI is InChI=1S/C23H24N2O4/c1-27-20-8-4-17(5-9-20)15-25(16-18-6-10-21(28-2)11-7-18)19-12-13-24-22(14-19)23(26)29-3/h4-14H,15-16H2,1-3H3. The van der Waals surface area contributed by atoms with Crippen molar-refractivity contribution in [2.24, 2.45) is 0 Å². The third-order valence-electron chi connectivity index (χ3n) is 4.57. The largest absolute Gasteiger partial charge is 0.497 e. The Hall–Kier alpha value is -3.54. The quantitative estimate of drug-likeness (QED) is 0.538. The summed E-state index contributed by atoms with van der Waals surface area (Å²) >= 11 is 0. The number of nitrogens with zero attached hydrogens (tertiary/aromatic N) is 2. The Balaban J connectivity index is 1.90. The number of esters is 1. The number of hydrogen-bond acceptors (Lipinski definition) is 6. The van der Waals surface area contributed by atoms with Crippen LogP contribution < -0.4 is 14.4 Å². The predicted molar refractivity (Wildman–Crippen MR) is 111 cm³/mol. The molecule has 1 heterocycles. The van der Waals surface area contributed by atoms with Gasteiger partial charge in [-0.1, -0.05) is 24.3 Å². The Morgan fingerprint density at radius 1 is 0.828 bits per heavy atom. The van der Waals surface area contributed by atoms with E-state index in [2.05, 4.69) is 9.88 Å². The first-order chi connectivity index (χ1) is 14.1. The molecule has 3 rings (SSSR count). The van der Waals surface area contributed by atoms with E-state index in [1.54, 1.807) is 26.5 Å². The summed E-state index contributed by atoms with van der Waals surface area (Å²) in [6.45, 7) is 1.31. The molecule has 0 fully saturated rings. The van der Waals surface area contributed by atoms with Crippen LogP contribution in [0, 0.1) is 0 Å². The molecule has 0 saturated heterocycles. The summed E-state index contributed by atoms with van der Waals surface area (Å²) < 4.78 is 15.3. The van der Waals surface area contributed by atoms with Crippen LogP contribution in [0.5, 0.6) is 11.5 Å². The van der Waals surface area contributed by atoms with Gasteiger partial charge in [-0.05, 0) is 47.5 Å². The first-order valence-electron chi connectivity index (χ1n) is 9.18. The molecule has 0 aliphatic heterocycles. The van der Waals surface area contributed by atoms with E-state index in [1.807, 2.05) is 54.6 Å². The second-order valence-electron chi connectivity index (χ2n) is 6.44. The summed E-state index contributed by atoms with van der Waals surface area (Å²) in [6, 6.07) is 19.5. The third-order valence-corrected chi connectivity index (χ3v) is 4.57. The van der Waals surface area contributed by atoms with Crippen LogP contribution in [-0.4, -0.2) is 32.3 Å². The fraction of sp³-hybridized carbons (Fsp3) is 0.217. The van der Waals surface area contributed by atoms with Crippen LogP contribution in [0.3, 0.4) is 0 Å². The lowest BCUT2D eigenvalue weighted by Crippen LogP contribution is -2.22. The van der Waals surface area contributed by atoms with Crippen molar-refractivity contribution in [3.63, 3.8) is 0 Å². The number of methoxy groups -OCH3 is 3. The highest BCUT2D eigenvalue weighted by Gasteiger charge is 2.13. The smallest absolute Gasteiger partial charge is 0.356 e. The van der Waals surface area contributed by atoms with Crippen molar-refractivity contribution in [3.05, 3.63) is 83.7 Å². The molecular weight excluding hydrogens is 368 g/mol. The maximum Gasteiger partial charge on any atom is 0.356 e. The van der Waals surface area contributed by atoms with Crippen LogP contribution >= 0.6 is 0 Å². The van der Waals surface area contributed by atoms with Crippen molar-refractivity contribution in [2.45, 2.75) is 13.1 Å². The van der Waals surface area contributed by atoms with Gasteiger partial charge in [-0.2, -0.15) is 0 Å². The zero-order valence-corrected chi connectivity index (χ0v) is 16.8. The van der Waals surface area contributed by atoms with Gasteiger partial charge in [0.25, 0.3) is 0 Å². The van der Waals surface area contributed by atoms with Gasteiger partial charge in [-0.3, -0.25) is 0 Å². The summed E-state index contributed by atoms with van der Waals surface area (Å²) in [7, 11) is 4.65. The summed E-state index contributed by atoms with van der Waals surface area (Å²) in [5.41, 5.74) is 3.40. The fourth-order valence-corrected chi connectivity index (χ4v) is 2.97. The second-order valence-corrected chi connectivity index (χ2v) is 6.44. The maximum atomic E-state index is 11.9. The molecule has 6 heteroatoms. The molecular formula is C23H24N2O4. The predicted octanol–water partition coefficient (Wildman–Crippen LogP) is 4.09. The van der Waals surface area contributed by atoms with Crippen LogP contribution in [0.4, 0.5) is 5.69 Å². The van der Waals surface area contributed by atoms with E-state index in [0.29, 0.717) is 13.1 Å². The number of anilines is 1. The van der Waals surface area contributed by atoms with Crippen LogP contribution in [0.2, 0.25) is 0 Å². The van der Waals surface area contributed by atoms with Crippen molar-refractivity contribution in [3.8, 4) is 11.5 Å². The van der Waals surface area contributed by atoms with Crippen molar-refractivity contribution in [1.82, 2.24) is 4.98 Å². The molecule has 6 nitrogen and oxygen atoms in total. The Labute approximate surface area is 170 Å². The molecule has 0 aliphatic rings. The van der Waals surface area contributed by atoms with Crippen LogP contribution in [0.1, 0.15) is 21.6 Å². The van der Waals surface area contributed by atoms with Gasteiger partial charge in [0.1, 0.15) is 17.2 Å². The number of aromatic nitrogens is 1. The normalized spacial score (nSPS) is 10.3. The van der Waals surface area contributed by atoms with Crippen LogP contribution in [-0.2, 0) is 17.8 Å². The summed E-state index contributed by atoms with van der Waals surface area (Å²) in [4.78, 5) is 18.2. The first-order valence-corrected chi connectivity index (χ1v) is 9.18. The lowest BCUT2D eigenvalue weighted by Gasteiger charge is -2.25. The monoisotopic (exact) mass is 392 g/mol. The minimum atomic E-state index is -0.458. The van der Waals surface area contributed by atoms with E-state index < -0.39 is 5.97 Å². The maximum absolute atomic E-state index is 11.9. The molecule has 0 aliphatic carbocycles. The summed E-state index contributed by atoms with van der Waals surface area (Å²) in [5, 5.41) is 0. The highest BCUT2D eigenvalue weighted by Crippen LogP contribution is 2.23. The molecule has 0 radical (unpaired) electrons. The van der Waals surface area contributed by atoms with Crippen LogP contribution in [0.15, 0.2) is 66.9 Å². The van der Waals surface area contributed by atoms with Gasteiger partial charge in [0.05, 0.1) is 21.3 Å². The van der Waals surface area contributed by atoms with Gasteiger partial charge in [0.2, 0.25) is 0 Å². The lowest BCUT2D eigenvalue weighted by molar-refractivity contribution is 0.0594. The van der Waals surface area contributed by atoms with E-state index in [4.69, 9.17) is 14.2 Å². The van der Waals surface area contributed by atoms with Gasteiger partial charge in [-0.25, -0.2) is 9.78 Å². The van der Waals surface area contributed by atoms with Crippen molar-refractivity contribution in [1.29, 1.82) is 0 Å². The molecule has 0 saturated carbocycles. The molecule has 0 spiro atoms. The van der Waals surface area contributed by atoms with Crippen molar-refractivity contribution < 1.29 is 19.0 Å². The Bertz CT molecular complexity index is 890. The number of hydrogen-bond donors (Lipinski definition) is 0. The minimum absolute atomic E-state index is 0.277. The van der Waals surface area contributed by atoms with E-state index >= 15 is 0 Å². The van der Waals surface area contributed by atoms with Gasteiger partial charge in [0, 0.05) is 25.0 Å². The molecule has 0 atom stereocenters. The lowest BCUT2D eigenvalue weighted by atomic mass is 10.1. The zero-order chi connectivity index (χ0) is 20.6. The second kappa shape index (κ2) is 9.59. The van der Waals surface area contributed by atoms with Crippen molar-refractivity contribution in [2.75, 3.05) is 26.2 Å². The van der Waals surface area contributed by atoms with Crippen molar-refractivity contribution >= 4 is 11.7 Å². The Kier molecular flexibility index (Phi) is 6.68. The summed E-state index contributed by atoms with van der Waals surface area (Å²) in [6.07, 6.45) is 1.62. The average Bonchev–Trinajstić information content (AvgIpc) is 2.79. The van der Waals surface area contributed by atoms with E-state index in [0.717, 1.165) is 28.3 Å². The van der Waals surface area contributed by atoms with Gasteiger partial charge < -0.3 is 19.1 Å². The number of rotatable bonds is 8. The fourth-order valence-electron chi connectivity index (χ4n) is 2.97. The number of carbonyl (C=O) groups is 1. The molecule has 0 amide bonds. The Morgan fingerprint density at radius 3 is 1.79 bits per heavy atom. The minimum Gasteiger partial charge on any atom is -0.497 e. The number of ether oxygens (including phenoxy) is 3. The number of benzene rings is 2. The van der Waals surface area contributed by atoms with E-state index in [-0.39, 0.29) is 5.69 Å². The molecule has 3 aromatic rings. The zero-order valence-electron chi connectivity index (χ0n) is 16.8. The van der Waals surface area contributed by atoms with Gasteiger partial charge in [-0.15, -0.1) is 0 Å². The van der Waals surface area contributed by atoms with Crippen LogP contribution in [0.25, 0.3) is 0 Å². The average molecular weight is 392 g/mol. The molecule has 2 aromatic carbocycles. The molecule has 150 valence electrons. The topological polar surface area (TPSA) is 60.9 Å².